The Morgan fingerprint density at radius 3 is 2.33 bits per heavy atom. The first-order valence-corrected chi connectivity index (χ1v) is 7.74. The molecule has 0 amide bonds. The van der Waals surface area contributed by atoms with E-state index in [-0.39, 0.29) is 5.56 Å². The third kappa shape index (κ3) is 3.77. The zero-order valence-corrected chi connectivity index (χ0v) is 13.6. The molecule has 0 bridgehead atoms. The zero-order valence-electron chi connectivity index (χ0n) is 11.5. The molecule has 0 aliphatic heterocycles. The summed E-state index contributed by atoms with van der Waals surface area (Å²) in [6.45, 7) is 2.63. The number of hydrogen-bond donors (Lipinski definition) is 1. The van der Waals surface area contributed by atoms with E-state index in [1.54, 1.807) is 0 Å². The van der Waals surface area contributed by atoms with Gasteiger partial charge in [-0.15, -0.1) is 0 Å². The predicted octanol–water partition coefficient (Wildman–Crippen LogP) is 4.80. The molecule has 2 aromatic carbocycles. The molecule has 2 aromatic rings. The molecule has 1 atom stereocenters. The second-order valence-corrected chi connectivity index (χ2v) is 5.86. The van der Waals surface area contributed by atoms with Gasteiger partial charge >= 0.3 is 0 Å². The van der Waals surface area contributed by atoms with Crippen LogP contribution in [0.5, 0.6) is 0 Å². The Morgan fingerprint density at radius 1 is 1.00 bits per heavy atom. The topological polar surface area (TPSA) is 12.0 Å². The SMILES string of the molecule is CCCNC(c1cc(F)c(F)cc1F)c1ccccc1I. The number of rotatable bonds is 5. The highest BCUT2D eigenvalue weighted by Crippen LogP contribution is 2.29. The van der Waals surface area contributed by atoms with Crippen molar-refractivity contribution < 1.29 is 13.2 Å². The highest BCUT2D eigenvalue weighted by molar-refractivity contribution is 14.1. The van der Waals surface area contributed by atoms with Crippen LogP contribution in [-0.2, 0) is 0 Å². The number of benzene rings is 2. The van der Waals surface area contributed by atoms with E-state index in [1.165, 1.54) is 0 Å². The minimum atomic E-state index is -1.17. The van der Waals surface area contributed by atoms with Gasteiger partial charge in [-0.3, -0.25) is 0 Å². The Balaban J connectivity index is 2.51. The largest absolute Gasteiger partial charge is 0.306 e. The smallest absolute Gasteiger partial charge is 0.161 e. The minimum Gasteiger partial charge on any atom is -0.306 e. The maximum Gasteiger partial charge on any atom is 0.161 e. The first kappa shape index (κ1) is 16.3. The Labute approximate surface area is 135 Å². The summed E-state index contributed by atoms with van der Waals surface area (Å²) in [6, 6.07) is 8.50. The summed E-state index contributed by atoms with van der Waals surface area (Å²) in [5.74, 6) is -2.96. The molecule has 0 aromatic heterocycles. The van der Waals surface area contributed by atoms with Crippen LogP contribution < -0.4 is 5.32 Å². The van der Waals surface area contributed by atoms with Gasteiger partial charge < -0.3 is 5.32 Å². The van der Waals surface area contributed by atoms with Crippen molar-refractivity contribution in [2.24, 2.45) is 0 Å². The van der Waals surface area contributed by atoms with Crippen LogP contribution in [0.25, 0.3) is 0 Å². The van der Waals surface area contributed by atoms with Crippen LogP contribution in [-0.4, -0.2) is 6.54 Å². The van der Waals surface area contributed by atoms with E-state index < -0.39 is 23.5 Å². The average Bonchev–Trinajstić information content (AvgIpc) is 2.46. The Morgan fingerprint density at radius 2 is 1.67 bits per heavy atom. The number of nitrogens with one attached hydrogen (secondary N) is 1. The van der Waals surface area contributed by atoms with Crippen molar-refractivity contribution in [1.82, 2.24) is 5.32 Å². The fourth-order valence-electron chi connectivity index (χ4n) is 2.14. The summed E-state index contributed by atoms with van der Waals surface area (Å²) in [7, 11) is 0. The van der Waals surface area contributed by atoms with Crippen molar-refractivity contribution in [1.29, 1.82) is 0 Å². The molecule has 1 unspecified atom stereocenters. The summed E-state index contributed by atoms with van der Waals surface area (Å²) in [5.41, 5.74) is 0.961. The number of hydrogen-bond acceptors (Lipinski definition) is 1. The second-order valence-electron chi connectivity index (χ2n) is 4.70. The van der Waals surface area contributed by atoms with E-state index >= 15 is 0 Å². The highest BCUT2D eigenvalue weighted by Gasteiger charge is 2.21. The van der Waals surface area contributed by atoms with Crippen LogP contribution in [0, 0.1) is 21.0 Å². The molecule has 1 nitrogen and oxygen atoms in total. The van der Waals surface area contributed by atoms with E-state index in [2.05, 4.69) is 27.9 Å². The predicted molar refractivity (Wildman–Crippen MR) is 85.6 cm³/mol. The van der Waals surface area contributed by atoms with Crippen LogP contribution in [0.3, 0.4) is 0 Å². The quantitative estimate of drug-likeness (QED) is 0.557. The van der Waals surface area contributed by atoms with Crippen molar-refractivity contribution in [2.75, 3.05) is 6.54 Å². The van der Waals surface area contributed by atoms with Gasteiger partial charge in [-0.25, -0.2) is 13.2 Å². The normalized spacial score (nSPS) is 12.4. The van der Waals surface area contributed by atoms with E-state index in [1.807, 2.05) is 31.2 Å². The third-order valence-electron chi connectivity index (χ3n) is 3.17. The van der Waals surface area contributed by atoms with Crippen LogP contribution >= 0.6 is 22.6 Å². The van der Waals surface area contributed by atoms with Gasteiger partial charge in [-0.05, 0) is 53.3 Å². The average molecular weight is 405 g/mol. The maximum atomic E-state index is 14.1. The Kier molecular flexibility index (Phi) is 5.64. The summed E-state index contributed by atoms with van der Waals surface area (Å²) in [4.78, 5) is 0. The first-order valence-electron chi connectivity index (χ1n) is 6.66. The molecule has 0 aliphatic rings. The van der Waals surface area contributed by atoms with Gasteiger partial charge in [0.1, 0.15) is 5.82 Å². The lowest BCUT2D eigenvalue weighted by atomic mass is 9.97. The molecule has 0 heterocycles. The molecule has 0 saturated heterocycles. The molecule has 21 heavy (non-hydrogen) atoms. The highest BCUT2D eigenvalue weighted by atomic mass is 127. The van der Waals surface area contributed by atoms with Gasteiger partial charge in [0.15, 0.2) is 11.6 Å². The minimum absolute atomic E-state index is 0.117. The summed E-state index contributed by atoms with van der Waals surface area (Å²) >= 11 is 2.15. The van der Waals surface area contributed by atoms with Crippen molar-refractivity contribution in [3.8, 4) is 0 Å². The van der Waals surface area contributed by atoms with Crippen molar-refractivity contribution in [3.05, 3.63) is 68.5 Å². The van der Waals surface area contributed by atoms with Gasteiger partial charge in [0, 0.05) is 15.2 Å². The van der Waals surface area contributed by atoms with Crippen LogP contribution in [0.15, 0.2) is 36.4 Å². The van der Waals surface area contributed by atoms with Gasteiger partial charge in [-0.2, -0.15) is 0 Å². The number of halogens is 4. The van der Waals surface area contributed by atoms with Gasteiger partial charge in [0.05, 0.1) is 6.04 Å². The molecule has 112 valence electrons. The lowest BCUT2D eigenvalue weighted by Crippen LogP contribution is -2.25. The van der Waals surface area contributed by atoms with Gasteiger partial charge in [0.25, 0.3) is 0 Å². The molecule has 0 saturated carbocycles. The molecule has 2 rings (SSSR count). The van der Waals surface area contributed by atoms with Crippen LogP contribution in [0.1, 0.15) is 30.5 Å². The molecule has 5 heteroatoms. The van der Waals surface area contributed by atoms with Crippen molar-refractivity contribution >= 4 is 22.6 Å². The Bertz CT molecular complexity index is 631. The summed E-state index contributed by atoms with van der Waals surface area (Å²) in [6.07, 6.45) is 0.852. The van der Waals surface area contributed by atoms with Crippen LogP contribution in [0.4, 0.5) is 13.2 Å². The van der Waals surface area contributed by atoms with Crippen molar-refractivity contribution in [2.45, 2.75) is 19.4 Å². The standard InChI is InChI=1S/C16H15F3IN/c1-2-7-21-16(10-5-3-4-6-15(10)20)11-8-13(18)14(19)9-12(11)17/h3-6,8-9,16,21H,2,7H2,1H3. The lowest BCUT2D eigenvalue weighted by molar-refractivity contribution is 0.479. The summed E-state index contributed by atoms with van der Waals surface area (Å²) in [5, 5.41) is 3.20. The van der Waals surface area contributed by atoms with Gasteiger partial charge in [0.2, 0.25) is 0 Å². The van der Waals surface area contributed by atoms with Crippen molar-refractivity contribution in [3.63, 3.8) is 0 Å². The lowest BCUT2D eigenvalue weighted by Gasteiger charge is -2.21. The summed E-state index contributed by atoms with van der Waals surface area (Å²) < 4.78 is 41.6. The third-order valence-corrected chi connectivity index (χ3v) is 4.15. The fourth-order valence-corrected chi connectivity index (χ4v) is 2.84. The second kappa shape index (κ2) is 7.26. The maximum absolute atomic E-state index is 14.1. The molecule has 1 N–H and O–H groups in total. The molecule has 0 radical (unpaired) electrons. The Hall–Kier alpha value is -1.08. The molecular formula is C16H15F3IN. The van der Waals surface area contributed by atoms with E-state index in [0.717, 1.165) is 21.6 Å². The zero-order chi connectivity index (χ0) is 15.4. The van der Waals surface area contributed by atoms with E-state index in [0.29, 0.717) is 12.6 Å². The molecular weight excluding hydrogens is 390 g/mol. The monoisotopic (exact) mass is 405 g/mol. The first-order chi connectivity index (χ1) is 10.0. The van der Waals surface area contributed by atoms with E-state index in [4.69, 9.17) is 0 Å². The molecule has 0 fully saturated rings. The molecule has 0 spiro atoms. The fraction of sp³-hybridized carbons (Fsp3) is 0.250. The van der Waals surface area contributed by atoms with E-state index in [9.17, 15) is 13.2 Å². The molecule has 0 aliphatic carbocycles. The van der Waals surface area contributed by atoms with Gasteiger partial charge in [-0.1, -0.05) is 25.1 Å². The van der Waals surface area contributed by atoms with Crippen LogP contribution in [0.2, 0.25) is 0 Å².